The Labute approximate surface area is 169 Å². The van der Waals surface area contributed by atoms with Crippen LogP contribution in [-0.4, -0.2) is 11.8 Å². The fourth-order valence-electron chi connectivity index (χ4n) is 3.57. The molecule has 0 fully saturated rings. The minimum Gasteiger partial charge on any atom is -0.326 e. The maximum absolute atomic E-state index is 13.0. The first kappa shape index (κ1) is 18.9. The molecule has 4 nitrogen and oxygen atoms in total. The molecule has 0 aromatic heterocycles. The Kier molecular flexibility index (Phi) is 5.38. The van der Waals surface area contributed by atoms with Crippen molar-refractivity contribution in [2.24, 2.45) is 0 Å². The first-order chi connectivity index (χ1) is 14.1. The second-order valence-electron chi connectivity index (χ2n) is 7.16. The van der Waals surface area contributed by atoms with Crippen molar-refractivity contribution in [3.05, 3.63) is 95.3 Å². The molecule has 3 aromatic rings. The number of rotatable bonds is 5. The van der Waals surface area contributed by atoms with Gasteiger partial charge in [-0.15, -0.1) is 0 Å². The zero-order valence-electron chi connectivity index (χ0n) is 15.9. The van der Waals surface area contributed by atoms with Crippen molar-refractivity contribution >= 4 is 23.2 Å². The predicted molar refractivity (Wildman–Crippen MR) is 111 cm³/mol. The lowest BCUT2D eigenvalue weighted by Crippen LogP contribution is -2.34. The molecule has 0 bridgehead atoms. The lowest BCUT2D eigenvalue weighted by molar-refractivity contribution is -0.119. The van der Waals surface area contributed by atoms with E-state index in [-0.39, 0.29) is 24.1 Å². The zero-order valence-corrected chi connectivity index (χ0v) is 15.9. The number of fused-ring (bicyclic) bond motifs is 1. The second kappa shape index (κ2) is 8.27. The maximum atomic E-state index is 13.0. The number of nitrogens with zero attached hydrogens (tertiary/aromatic N) is 1. The largest absolute Gasteiger partial charge is 0.326 e. The maximum Gasteiger partial charge on any atom is 0.228 e. The molecular formula is C24H21FN2O2. The van der Waals surface area contributed by atoms with Gasteiger partial charge in [0.15, 0.2) is 0 Å². The van der Waals surface area contributed by atoms with Gasteiger partial charge in [-0.25, -0.2) is 4.39 Å². The van der Waals surface area contributed by atoms with Crippen molar-refractivity contribution in [2.45, 2.75) is 25.8 Å². The second-order valence-corrected chi connectivity index (χ2v) is 7.16. The molecule has 5 heteroatoms. The summed E-state index contributed by atoms with van der Waals surface area (Å²) in [5.41, 5.74) is 4.46. The van der Waals surface area contributed by atoms with Crippen molar-refractivity contribution < 1.29 is 14.0 Å². The van der Waals surface area contributed by atoms with Crippen molar-refractivity contribution in [1.82, 2.24) is 0 Å². The Morgan fingerprint density at radius 2 is 1.69 bits per heavy atom. The number of carbonyl (C=O) groups is 2. The van der Waals surface area contributed by atoms with Gasteiger partial charge >= 0.3 is 0 Å². The first-order valence-corrected chi connectivity index (χ1v) is 9.60. The normalized spacial score (nSPS) is 13.1. The third-order valence-corrected chi connectivity index (χ3v) is 5.02. The first-order valence-electron chi connectivity index (χ1n) is 9.60. The monoisotopic (exact) mass is 388 g/mol. The highest BCUT2D eigenvalue weighted by Crippen LogP contribution is 2.31. The van der Waals surface area contributed by atoms with Crippen molar-refractivity contribution in [2.75, 3.05) is 10.2 Å². The van der Waals surface area contributed by atoms with Crippen LogP contribution in [0.15, 0.2) is 72.8 Å². The van der Waals surface area contributed by atoms with E-state index >= 15 is 0 Å². The van der Waals surface area contributed by atoms with Crippen LogP contribution >= 0.6 is 0 Å². The van der Waals surface area contributed by atoms with E-state index in [9.17, 15) is 14.0 Å². The number of aryl methyl sites for hydroxylation is 1. The molecule has 4 rings (SSSR count). The number of hydrogen-bond donors (Lipinski definition) is 1. The SMILES string of the molecule is O=C(Cc1ccc(F)cc1)Nc1ccc2c(c1)CCC(=O)N2Cc1ccccc1. The average molecular weight is 388 g/mol. The van der Waals surface area contributed by atoms with Crippen LogP contribution < -0.4 is 10.2 Å². The van der Waals surface area contributed by atoms with Crippen molar-refractivity contribution in [3.63, 3.8) is 0 Å². The number of carbonyl (C=O) groups excluding carboxylic acids is 2. The molecule has 1 aliphatic rings. The molecule has 1 heterocycles. The molecule has 0 radical (unpaired) electrons. The highest BCUT2D eigenvalue weighted by Gasteiger charge is 2.24. The minimum absolute atomic E-state index is 0.106. The van der Waals surface area contributed by atoms with Crippen LogP contribution in [0.3, 0.4) is 0 Å². The predicted octanol–water partition coefficient (Wildman–Crippen LogP) is 4.49. The lowest BCUT2D eigenvalue weighted by Gasteiger charge is -2.30. The molecule has 1 N–H and O–H groups in total. The molecule has 3 aromatic carbocycles. The summed E-state index contributed by atoms with van der Waals surface area (Å²) in [7, 11) is 0. The van der Waals surface area contributed by atoms with Crippen LogP contribution in [0.2, 0.25) is 0 Å². The van der Waals surface area contributed by atoms with E-state index in [0.717, 1.165) is 22.4 Å². The van der Waals surface area contributed by atoms with Gasteiger partial charge in [-0.3, -0.25) is 9.59 Å². The molecular weight excluding hydrogens is 367 g/mol. The topological polar surface area (TPSA) is 49.4 Å². The molecule has 0 aliphatic carbocycles. The Balaban J connectivity index is 1.48. The zero-order chi connectivity index (χ0) is 20.2. The Morgan fingerprint density at radius 1 is 0.931 bits per heavy atom. The molecule has 0 spiro atoms. The van der Waals surface area contributed by atoms with E-state index in [1.54, 1.807) is 17.0 Å². The molecule has 0 atom stereocenters. The summed E-state index contributed by atoms with van der Waals surface area (Å²) in [6, 6.07) is 21.4. The Hall–Kier alpha value is -3.47. The summed E-state index contributed by atoms with van der Waals surface area (Å²) in [6.07, 6.45) is 1.28. The van der Waals surface area contributed by atoms with E-state index in [0.29, 0.717) is 25.1 Å². The summed E-state index contributed by atoms with van der Waals surface area (Å²) in [5.74, 6) is -0.377. The minimum atomic E-state index is -0.321. The third kappa shape index (κ3) is 4.51. The number of anilines is 2. The van der Waals surface area contributed by atoms with E-state index in [1.165, 1.54) is 12.1 Å². The van der Waals surface area contributed by atoms with Gasteiger partial charge in [-0.1, -0.05) is 42.5 Å². The van der Waals surface area contributed by atoms with Crippen LogP contribution in [0.1, 0.15) is 23.1 Å². The number of halogens is 1. The van der Waals surface area contributed by atoms with Crippen LogP contribution in [0.5, 0.6) is 0 Å². The van der Waals surface area contributed by atoms with E-state index in [1.807, 2.05) is 48.5 Å². The van der Waals surface area contributed by atoms with E-state index < -0.39 is 0 Å². The van der Waals surface area contributed by atoms with Crippen LogP contribution in [-0.2, 0) is 29.0 Å². The van der Waals surface area contributed by atoms with E-state index in [2.05, 4.69) is 5.32 Å². The molecule has 2 amide bonds. The molecule has 29 heavy (non-hydrogen) atoms. The molecule has 0 saturated heterocycles. The smallest absolute Gasteiger partial charge is 0.228 e. The molecule has 0 unspecified atom stereocenters. The van der Waals surface area contributed by atoms with Gasteiger partial charge in [-0.2, -0.15) is 0 Å². The Bertz CT molecular complexity index is 1030. The molecule has 1 aliphatic heterocycles. The number of amides is 2. The van der Waals surface area contributed by atoms with E-state index in [4.69, 9.17) is 0 Å². The summed E-state index contributed by atoms with van der Waals surface area (Å²) in [5, 5.41) is 2.89. The van der Waals surface area contributed by atoms with Crippen LogP contribution in [0.25, 0.3) is 0 Å². The summed E-state index contributed by atoms with van der Waals surface area (Å²) in [6.45, 7) is 0.531. The fraction of sp³-hybridized carbons (Fsp3) is 0.167. The fourth-order valence-corrected chi connectivity index (χ4v) is 3.57. The molecule has 146 valence electrons. The van der Waals surface area contributed by atoms with Crippen molar-refractivity contribution in [1.29, 1.82) is 0 Å². The Morgan fingerprint density at radius 3 is 2.45 bits per heavy atom. The lowest BCUT2D eigenvalue weighted by atomic mass is 9.99. The van der Waals surface area contributed by atoms with Crippen LogP contribution in [0, 0.1) is 5.82 Å². The van der Waals surface area contributed by atoms with Gasteiger partial charge in [0.05, 0.1) is 13.0 Å². The quantitative estimate of drug-likeness (QED) is 0.700. The van der Waals surface area contributed by atoms with Gasteiger partial charge in [0.2, 0.25) is 11.8 Å². The summed E-state index contributed by atoms with van der Waals surface area (Å²) < 4.78 is 13.0. The summed E-state index contributed by atoms with van der Waals surface area (Å²) >= 11 is 0. The van der Waals surface area contributed by atoms with Gasteiger partial charge < -0.3 is 10.2 Å². The molecule has 0 saturated carbocycles. The van der Waals surface area contributed by atoms with Crippen LogP contribution in [0.4, 0.5) is 15.8 Å². The number of nitrogens with one attached hydrogen (secondary N) is 1. The van der Waals surface area contributed by atoms with Gasteiger partial charge in [0.1, 0.15) is 5.82 Å². The van der Waals surface area contributed by atoms with Gasteiger partial charge in [0, 0.05) is 17.8 Å². The highest BCUT2D eigenvalue weighted by molar-refractivity contribution is 5.97. The third-order valence-electron chi connectivity index (χ3n) is 5.02. The average Bonchev–Trinajstić information content (AvgIpc) is 2.72. The standard InChI is InChI=1S/C24H21FN2O2/c25-20-9-6-17(7-10-20)14-23(28)26-21-11-12-22-19(15-21)8-13-24(29)27(22)16-18-4-2-1-3-5-18/h1-7,9-12,15H,8,13-14,16H2,(H,26,28). The van der Waals surface area contributed by atoms with Gasteiger partial charge in [-0.05, 0) is 53.4 Å². The number of benzene rings is 3. The number of hydrogen-bond acceptors (Lipinski definition) is 2. The summed E-state index contributed by atoms with van der Waals surface area (Å²) in [4.78, 5) is 26.6. The van der Waals surface area contributed by atoms with Crippen molar-refractivity contribution in [3.8, 4) is 0 Å². The van der Waals surface area contributed by atoms with Gasteiger partial charge in [0.25, 0.3) is 0 Å². The highest BCUT2D eigenvalue weighted by atomic mass is 19.1.